The van der Waals surface area contributed by atoms with E-state index in [0.717, 1.165) is 17.7 Å². The fourth-order valence-corrected chi connectivity index (χ4v) is 4.12. The lowest BCUT2D eigenvalue weighted by molar-refractivity contribution is -0.143. The Morgan fingerprint density at radius 2 is 1.44 bits per heavy atom. The predicted molar refractivity (Wildman–Crippen MR) is 113 cm³/mol. The fourth-order valence-electron chi connectivity index (χ4n) is 4.12. The number of aromatic nitrogens is 3. The van der Waals surface area contributed by atoms with E-state index >= 15 is 0 Å². The fraction of sp³-hybridized carbons (Fsp3) is 0.391. The lowest BCUT2D eigenvalue weighted by atomic mass is 9.97. The van der Waals surface area contributed by atoms with Gasteiger partial charge in [0.1, 0.15) is 6.33 Å². The summed E-state index contributed by atoms with van der Waals surface area (Å²) in [7, 11) is 1.91. The van der Waals surface area contributed by atoms with Crippen LogP contribution in [0.3, 0.4) is 0 Å². The Morgan fingerprint density at radius 3 is 2.00 bits per heavy atom. The first-order valence-corrected chi connectivity index (χ1v) is 10.7. The molecule has 1 fully saturated rings. The SMILES string of the molecule is CN1CCN(C(c2cc(C(F)(F)F)cc(C(F)(F)F)c2)c2nncn2Cc2ccccc2)CC1. The number of alkyl halides is 6. The highest BCUT2D eigenvalue weighted by atomic mass is 19.4. The molecule has 0 aliphatic carbocycles. The van der Waals surface area contributed by atoms with E-state index in [2.05, 4.69) is 15.1 Å². The van der Waals surface area contributed by atoms with Gasteiger partial charge in [0.25, 0.3) is 0 Å². The summed E-state index contributed by atoms with van der Waals surface area (Å²) in [6.07, 6.45) is -8.41. The molecule has 0 spiro atoms. The minimum absolute atomic E-state index is 0.117. The van der Waals surface area contributed by atoms with Crippen molar-refractivity contribution < 1.29 is 26.3 Å². The van der Waals surface area contributed by atoms with Crippen molar-refractivity contribution in [3.63, 3.8) is 0 Å². The Hall–Kier alpha value is -2.92. The number of rotatable bonds is 5. The third kappa shape index (κ3) is 5.41. The molecule has 11 heteroatoms. The second kappa shape index (κ2) is 9.38. The smallest absolute Gasteiger partial charge is 0.311 e. The average molecular weight is 483 g/mol. The van der Waals surface area contributed by atoms with Crippen molar-refractivity contribution >= 4 is 0 Å². The van der Waals surface area contributed by atoms with Gasteiger partial charge < -0.3 is 9.47 Å². The van der Waals surface area contributed by atoms with Crippen molar-refractivity contribution in [3.05, 3.63) is 82.9 Å². The van der Waals surface area contributed by atoms with Crippen LogP contribution in [-0.4, -0.2) is 57.8 Å². The summed E-state index contributed by atoms with van der Waals surface area (Å²) in [5.74, 6) is 0.292. The molecule has 182 valence electrons. The number of benzene rings is 2. The Morgan fingerprint density at radius 1 is 0.853 bits per heavy atom. The Balaban J connectivity index is 1.84. The average Bonchev–Trinajstić information content (AvgIpc) is 3.22. The maximum absolute atomic E-state index is 13.6. The number of piperazine rings is 1. The van der Waals surface area contributed by atoms with Gasteiger partial charge in [-0.2, -0.15) is 26.3 Å². The van der Waals surface area contributed by atoms with Crippen LogP contribution in [0.1, 0.15) is 34.1 Å². The number of hydrogen-bond donors (Lipinski definition) is 0. The Kier molecular flexibility index (Phi) is 6.68. The number of halogens is 6. The van der Waals surface area contributed by atoms with Crippen molar-refractivity contribution in [2.24, 2.45) is 0 Å². The van der Waals surface area contributed by atoms with Crippen LogP contribution in [0.4, 0.5) is 26.3 Å². The first kappa shape index (κ1) is 24.2. The molecule has 4 rings (SSSR count). The van der Waals surface area contributed by atoms with Gasteiger partial charge in [0, 0.05) is 26.2 Å². The van der Waals surface area contributed by atoms with Gasteiger partial charge in [-0.1, -0.05) is 30.3 Å². The molecule has 0 radical (unpaired) electrons. The van der Waals surface area contributed by atoms with E-state index in [-0.39, 0.29) is 11.6 Å². The predicted octanol–water partition coefficient (Wildman–Crippen LogP) is 4.70. The second-order valence-electron chi connectivity index (χ2n) is 8.38. The normalized spacial score (nSPS) is 17.1. The molecule has 1 saturated heterocycles. The van der Waals surface area contributed by atoms with Crippen molar-refractivity contribution in [1.82, 2.24) is 24.6 Å². The van der Waals surface area contributed by atoms with Crippen LogP contribution in [0.25, 0.3) is 0 Å². The van der Waals surface area contributed by atoms with Crippen LogP contribution in [-0.2, 0) is 18.9 Å². The topological polar surface area (TPSA) is 37.2 Å². The number of likely N-dealkylation sites (N-methyl/N-ethyl adjacent to an activating group) is 1. The largest absolute Gasteiger partial charge is 0.416 e. The van der Waals surface area contributed by atoms with Crippen molar-refractivity contribution in [2.45, 2.75) is 24.9 Å². The molecule has 0 N–H and O–H groups in total. The van der Waals surface area contributed by atoms with Gasteiger partial charge in [-0.05, 0) is 36.4 Å². The summed E-state index contributed by atoms with van der Waals surface area (Å²) in [4.78, 5) is 3.91. The molecule has 1 aliphatic heterocycles. The standard InChI is InChI=1S/C23H23F6N5/c1-32-7-9-33(10-8-32)20(21-31-30-15-34(21)14-16-5-3-2-4-6-16)17-11-18(22(24,25)26)13-19(12-17)23(27,28)29/h2-6,11-13,15,20H,7-10,14H2,1H3. The first-order chi connectivity index (χ1) is 16.0. The summed E-state index contributed by atoms with van der Waals surface area (Å²) in [6, 6.07) is 10.1. The molecule has 0 bridgehead atoms. The molecule has 1 aliphatic rings. The summed E-state index contributed by atoms with van der Waals surface area (Å²) in [5.41, 5.74) is -1.90. The zero-order valence-electron chi connectivity index (χ0n) is 18.3. The van der Waals surface area contributed by atoms with Crippen LogP contribution in [0.2, 0.25) is 0 Å². The van der Waals surface area contributed by atoms with Crippen molar-refractivity contribution in [1.29, 1.82) is 0 Å². The van der Waals surface area contributed by atoms with Gasteiger partial charge in [0.15, 0.2) is 5.82 Å². The molecule has 0 amide bonds. The summed E-state index contributed by atoms with van der Waals surface area (Å²) in [6.45, 7) is 2.48. The molecule has 0 saturated carbocycles. The third-order valence-electron chi connectivity index (χ3n) is 5.91. The van der Waals surface area contributed by atoms with Gasteiger partial charge in [0.2, 0.25) is 0 Å². The van der Waals surface area contributed by atoms with Crippen molar-refractivity contribution in [3.8, 4) is 0 Å². The molecule has 2 heterocycles. The van der Waals surface area contributed by atoms with Gasteiger partial charge in [0.05, 0.1) is 23.7 Å². The van der Waals surface area contributed by atoms with Crippen LogP contribution < -0.4 is 0 Å². The van der Waals surface area contributed by atoms with Gasteiger partial charge in [-0.15, -0.1) is 10.2 Å². The third-order valence-corrected chi connectivity index (χ3v) is 5.91. The van der Waals surface area contributed by atoms with Crippen LogP contribution in [0.15, 0.2) is 54.9 Å². The quantitative estimate of drug-likeness (QED) is 0.493. The van der Waals surface area contributed by atoms with E-state index in [1.54, 1.807) is 4.57 Å². The zero-order valence-corrected chi connectivity index (χ0v) is 18.3. The minimum atomic E-state index is -4.93. The lowest BCUT2D eigenvalue weighted by Crippen LogP contribution is -2.46. The van der Waals surface area contributed by atoms with E-state index < -0.39 is 29.5 Å². The lowest BCUT2D eigenvalue weighted by Gasteiger charge is -2.38. The highest BCUT2D eigenvalue weighted by molar-refractivity contribution is 5.38. The van der Waals surface area contributed by atoms with Gasteiger partial charge >= 0.3 is 12.4 Å². The molecule has 1 aromatic heterocycles. The summed E-state index contributed by atoms with van der Waals surface area (Å²) >= 11 is 0. The molecule has 3 aromatic rings. The summed E-state index contributed by atoms with van der Waals surface area (Å²) in [5, 5.41) is 8.11. The van der Waals surface area contributed by atoms with Crippen LogP contribution in [0.5, 0.6) is 0 Å². The van der Waals surface area contributed by atoms with Gasteiger partial charge in [-0.3, -0.25) is 4.90 Å². The van der Waals surface area contributed by atoms with E-state index in [0.29, 0.717) is 38.5 Å². The van der Waals surface area contributed by atoms with E-state index in [1.807, 2.05) is 42.3 Å². The zero-order chi connectivity index (χ0) is 24.5. The molecule has 5 nitrogen and oxygen atoms in total. The number of nitrogens with zero attached hydrogens (tertiary/aromatic N) is 5. The Labute approximate surface area is 192 Å². The van der Waals surface area contributed by atoms with Gasteiger partial charge in [-0.25, -0.2) is 0 Å². The highest BCUT2D eigenvalue weighted by Gasteiger charge is 2.39. The van der Waals surface area contributed by atoms with E-state index in [9.17, 15) is 26.3 Å². The monoisotopic (exact) mass is 483 g/mol. The van der Waals surface area contributed by atoms with Crippen LogP contribution >= 0.6 is 0 Å². The maximum Gasteiger partial charge on any atom is 0.416 e. The molecule has 1 atom stereocenters. The van der Waals surface area contributed by atoms with E-state index in [1.165, 1.54) is 6.33 Å². The molecular formula is C23H23F6N5. The number of hydrogen-bond acceptors (Lipinski definition) is 4. The van der Waals surface area contributed by atoms with Crippen LogP contribution in [0, 0.1) is 0 Å². The molecule has 2 aromatic carbocycles. The van der Waals surface area contributed by atoms with Crippen molar-refractivity contribution in [2.75, 3.05) is 33.2 Å². The molecule has 1 unspecified atom stereocenters. The van der Waals surface area contributed by atoms with E-state index in [4.69, 9.17) is 0 Å². The summed E-state index contributed by atoms with van der Waals surface area (Å²) < 4.78 is 83.2. The molecular weight excluding hydrogens is 460 g/mol. The second-order valence-corrected chi connectivity index (χ2v) is 8.38. The Bertz CT molecular complexity index is 1070. The maximum atomic E-state index is 13.6. The highest BCUT2D eigenvalue weighted by Crippen LogP contribution is 2.39. The molecule has 34 heavy (non-hydrogen) atoms. The first-order valence-electron chi connectivity index (χ1n) is 10.7. The minimum Gasteiger partial charge on any atom is -0.311 e.